The van der Waals surface area contributed by atoms with Crippen molar-refractivity contribution in [3.63, 3.8) is 0 Å². The third kappa shape index (κ3) is 3.66. The highest BCUT2D eigenvalue weighted by Gasteiger charge is 2.39. The average Bonchev–Trinajstić information content (AvgIpc) is 3.32. The lowest BCUT2D eigenvalue weighted by Gasteiger charge is -2.43. The SMILES string of the molecule is CN(C[C@H](O)C1CC1)C(=O)NCC1(c2ccc(F)cc2)CCC1. The number of likely N-dealkylation sites (N-methyl/N-ethyl adjacent to an activating group) is 1. The summed E-state index contributed by atoms with van der Waals surface area (Å²) in [5, 5.41) is 12.9. The summed E-state index contributed by atoms with van der Waals surface area (Å²) in [6, 6.07) is 6.45. The van der Waals surface area contributed by atoms with Gasteiger partial charge in [0, 0.05) is 25.6 Å². The minimum absolute atomic E-state index is 0.0701. The van der Waals surface area contributed by atoms with Gasteiger partial charge in [0.2, 0.25) is 0 Å². The Labute approximate surface area is 136 Å². The zero-order valence-electron chi connectivity index (χ0n) is 13.6. The minimum Gasteiger partial charge on any atom is -0.391 e. The molecule has 0 aromatic heterocycles. The van der Waals surface area contributed by atoms with Crippen LogP contribution in [0.15, 0.2) is 24.3 Å². The van der Waals surface area contributed by atoms with Crippen molar-refractivity contribution in [3.8, 4) is 0 Å². The van der Waals surface area contributed by atoms with Gasteiger partial charge in [-0.05, 0) is 49.3 Å². The Hall–Kier alpha value is -1.62. The summed E-state index contributed by atoms with van der Waals surface area (Å²) in [4.78, 5) is 13.8. The Morgan fingerprint density at radius 2 is 2.04 bits per heavy atom. The van der Waals surface area contributed by atoms with E-state index >= 15 is 0 Å². The molecule has 2 N–H and O–H groups in total. The maximum Gasteiger partial charge on any atom is 0.317 e. The Morgan fingerprint density at radius 3 is 2.57 bits per heavy atom. The molecule has 0 radical (unpaired) electrons. The van der Waals surface area contributed by atoms with Gasteiger partial charge in [0.15, 0.2) is 0 Å². The molecule has 2 aliphatic rings. The molecular weight excluding hydrogens is 295 g/mol. The first kappa shape index (κ1) is 16.2. The summed E-state index contributed by atoms with van der Waals surface area (Å²) in [5.41, 5.74) is 1.02. The summed E-state index contributed by atoms with van der Waals surface area (Å²) in [7, 11) is 1.71. The minimum atomic E-state index is -0.416. The number of hydrogen-bond acceptors (Lipinski definition) is 2. The maximum atomic E-state index is 13.1. The molecule has 1 aromatic rings. The molecule has 0 bridgehead atoms. The van der Waals surface area contributed by atoms with Crippen LogP contribution in [0.25, 0.3) is 0 Å². The lowest BCUT2D eigenvalue weighted by Crippen LogP contribution is -2.49. The second-order valence-electron chi connectivity index (χ2n) is 7.08. The van der Waals surface area contributed by atoms with Crippen LogP contribution in [-0.4, -0.2) is 42.3 Å². The Morgan fingerprint density at radius 1 is 1.39 bits per heavy atom. The van der Waals surface area contributed by atoms with Gasteiger partial charge in [-0.3, -0.25) is 0 Å². The van der Waals surface area contributed by atoms with Gasteiger partial charge in [-0.2, -0.15) is 0 Å². The van der Waals surface area contributed by atoms with E-state index in [2.05, 4.69) is 5.32 Å². The van der Waals surface area contributed by atoms with Crippen molar-refractivity contribution in [2.75, 3.05) is 20.1 Å². The number of amides is 2. The van der Waals surface area contributed by atoms with Crippen molar-refractivity contribution in [1.82, 2.24) is 10.2 Å². The molecule has 3 rings (SSSR count). The monoisotopic (exact) mass is 320 g/mol. The number of benzene rings is 1. The van der Waals surface area contributed by atoms with Gasteiger partial charge in [0.05, 0.1) is 6.10 Å². The summed E-state index contributed by atoms with van der Waals surface area (Å²) in [6.45, 7) is 0.932. The zero-order chi connectivity index (χ0) is 16.4. The zero-order valence-corrected chi connectivity index (χ0v) is 13.6. The molecule has 2 fully saturated rings. The van der Waals surface area contributed by atoms with Crippen LogP contribution in [0.2, 0.25) is 0 Å². The van der Waals surface area contributed by atoms with E-state index in [1.807, 2.05) is 12.1 Å². The van der Waals surface area contributed by atoms with Gasteiger partial charge < -0.3 is 15.3 Å². The third-order valence-corrected chi connectivity index (χ3v) is 5.32. The van der Waals surface area contributed by atoms with Crippen LogP contribution in [0.1, 0.15) is 37.7 Å². The molecular formula is C18H25FN2O2. The topological polar surface area (TPSA) is 52.6 Å². The van der Waals surface area contributed by atoms with Crippen LogP contribution in [-0.2, 0) is 5.41 Å². The number of carbonyl (C=O) groups excluding carboxylic acids is 1. The molecule has 23 heavy (non-hydrogen) atoms. The number of rotatable bonds is 6. The molecule has 0 spiro atoms. The summed E-state index contributed by atoms with van der Waals surface area (Å²) in [6.07, 6.45) is 4.85. The molecule has 126 valence electrons. The predicted molar refractivity (Wildman–Crippen MR) is 86.7 cm³/mol. The number of carbonyl (C=O) groups is 1. The largest absolute Gasteiger partial charge is 0.391 e. The fraction of sp³-hybridized carbons (Fsp3) is 0.611. The van der Waals surface area contributed by atoms with Crippen LogP contribution in [0.4, 0.5) is 9.18 Å². The molecule has 2 aliphatic carbocycles. The quantitative estimate of drug-likeness (QED) is 0.847. The van der Waals surface area contributed by atoms with E-state index in [0.717, 1.165) is 37.7 Å². The molecule has 0 heterocycles. The molecule has 0 unspecified atom stereocenters. The van der Waals surface area contributed by atoms with Crippen molar-refractivity contribution >= 4 is 6.03 Å². The van der Waals surface area contributed by atoms with E-state index in [9.17, 15) is 14.3 Å². The molecule has 1 aromatic carbocycles. The molecule has 2 saturated carbocycles. The Kier molecular flexibility index (Phi) is 4.57. The smallest absolute Gasteiger partial charge is 0.317 e. The standard InChI is InChI=1S/C18H25FN2O2/c1-21(11-16(22)13-3-4-13)17(23)20-12-18(9-2-10-18)14-5-7-15(19)8-6-14/h5-8,13,16,22H,2-4,9-12H2,1H3,(H,20,23)/t16-/m0/s1. The molecule has 4 nitrogen and oxygen atoms in total. The number of hydrogen-bond donors (Lipinski definition) is 2. The lowest BCUT2D eigenvalue weighted by atomic mass is 9.64. The second kappa shape index (κ2) is 6.48. The van der Waals surface area contributed by atoms with Crippen LogP contribution < -0.4 is 5.32 Å². The third-order valence-electron chi connectivity index (χ3n) is 5.32. The van der Waals surface area contributed by atoms with Gasteiger partial charge in [-0.25, -0.2) is 9.18 Å². The average molecular weight is 320 g/mol. The van der Waals surface area contributed by atoms with E-state index in [4.69, 9.17) is 0 Å². The van der Waals surface area contributed by atoms with Gasteiger partial charge >= 0.3 is 6.03 Å². The van der Waals surface area contributed by atoms with E-state index in [-0.39, 0.29) is 17.3 Å². The Bertz CT molecular complexity index is 553. The van der Waals surface area contributed by atoms with Gasteiger partial charge in [-0.1, -0.05) is 18.6 Å². The van der Waals surface area contributed by atoms with Crippen molar-refractivity contribution in [3.05, 3.63) is 35.6 Å². The highest BCUT2D eigenvalue weighted by molar-refractivity contribution is 5.74. The van der Waals surface area contributed by atoms with Crippen LogP contribution in [0.3, 0.4) is 0 Å². The molecule has 0 aliphatic heterocycles. The molecule has 5 heteroatoms. The van der Waals surface area contributed by atoms with Crippen LogP contribution in [0.5, 0.6) is 0 Å². The fourth-order valence-corrected chi connectivity index (χ4v) is 3.35. The highest BCUT2D eigenvalue weighted by atomic mass is 19.1. The number of halogens is 1. The van der Waals surface area contributed by atoms with Crippen molar-refractivity contribution < 1.29 is 14.3 Å². The fourth-order valence-electron chi connectivity index (χ4n) is 3.35. The molecule has 0 saturated heterocycles. The van der Waals surface area contributed by atoms with E-state index in [0.29, 0.717) is 19.0 Å². The van der Waals surface area contributed by atoms with Crippen LogP contribution >= 0.6 is 0 Å². The first-order valence-electron chi connectivity index (χ1n) is 8.43. The maximum absolute atomic E-state index is 13.1. The number of aliphatic hydroxyl groups is 1. The number of aliphatic hydroxyl groups excluding tert-OH is 1. The van der Waals surface area contributed by atoms with Crippen molar-refractivity contribution in [1.29, 1.82) is 0 Å². The highest BCUT2D eigenvalue weighted by Crippen LogP contribution is 2.43. The number of urea groups is 1. The molecule has 1 atom stereocenters. The predicted octanol–water partition coefficient (Wildman–Crippen LogP) is 2.66. The first-order chi connectivity index (χ1) is 11.0. The first-order valence-corrected chi connectivity index (χ1v) is 8.43. The van der Waals surface area contributed by atoms with Gasteiger partial charge in [-0.15, -0.1) is 0 Å². The van der Waals surface area contributed by atoms with Crippen molar-refractivity contribution in [2.24, 2.45) is 5.92 Å². The molecule has 2 amide bonds. The Balaban J connectivity index is 1.55. The lowest BCUT2D eigenvalue weighted by molar-refractivity contribution is 0.112. The number of nitrogens with one attached hydrogen (secondary N) is 1. The van der Waals surface area contributed by atoms with Gasteiger partial charge in [0.25, 0.3) is 0 Å². The van der Waals surface area contributed by atoms with E-state index in [1.54, 1.807) is 11.9 Å². The summed E-state index contributed by atoms with van der Waals surface area (Å²) < 4.78 is 13.1. The van der Waals surface area contributed by atoms with Gasteiger partial charge in [0.1, 0.15) is 5.82 Å². The van der Waals surface area contributed by atoms with E-state index < -0.39 is 6.10 Å². The van der Waals surface area contributed by atoms with E-state index in [1.165, 1.54) is 12.1 Å². The summed E-state index contributed by atoms with van der Waals surface area (Å²) >= 11 is 0. The second-order valence-corrected chi connectivity index (χ2v) is 7.08. The summed E-state index contributed by atoms with van der Waals surface area (Å²) in [5.74, 6) is 0.128. The normalized spacial score (nSPS) is 20.5. The van der Waals surface area contributed by atoms with Crippen molar-refractivity contribution in [2.45, 2.75) is 43.6 Å². The van der Waals surface area contributed by atoms with Crippen LogP contribution in [0, 0.1) is 11.7 Å². The number of nitrogens with zero attached hydrogens (tertiary/aromatic N) is 1.